The molecule has 5 heteroatoms. The average Bonchev–Trinajstić information content (AvgIpc) is 2.66. The van der Waals surface area contributed by atoms with Crippen LogP contribution in [-0.2, 0) is 22.4 Å². The number of aliphatic hydroxyl groups is 1. The van der Waals surface area contributed by atoms with Crippen LogP contribution in [0.3, 0.4) is 0 Å². The van der Waals surface area contributed by atoms with E-state index < -0.39 is 5.54 Å². The van der Waals surface area contributed by atoms with E-state index in [-0.39, 0.29) is 18.6 Å². The highest BCUT2D eigenvalue weighted by atomic mass is 79.9. The number of benzene rings is 2. The fraction of sp³-hybridized carbons (Fsp3) is 0.350. The molecular weight excluding hydrogens is 382 g/mol. The molecule has 2 atom stereocenters. The number of methoxy groups -OCH3 is 1. The summed E-state index contributed by atoms with van der Waals surface area (Å²) in [5.74, 6) is -0.285. The van der Waals surface area contributed by atoms with E-state index in [1.54, 1.807) is 0 Å². The van der Waals surface area contributed by atoms with E-state index in [1.807, 2.05) is 42.5 Å². The Morgan fingerprint density at radius 1 is 1.28 bits per heavy atom. The van der Waals surface area contributed by atoms with Crippen molar-refractivity contribution in [2.75, 3.05) is 13.7 Å². The van der Waals surface area contributed by atoms with Gasteiger partial charge in [-0.05, 0) is 35.6 Å². The molecule has 0 aliphatic heterocycles. The lowest BCUT2D eigenvalue weighted by Gasteiger charge is -2.39. The van der Waals surface area contributed by atoms with Gasteiger partial charge in [0, 0.05) is 10.9 Å². The molecule has 0 bridgehead atoms. The molecule has 1 aliphatic carbocycles. The molecule has 0 radical (unpaired) electrons. The van der Waals surface area contributed by atoms with Crippen molar-refractivity contribution in [3.8, 4) is 0 Å². The maximum atomic E-state index is 12.7. The van der Waals surface area contributed by atoms with Crippen LogP contribution in [0.15, 0.2) is 53.0 Å². The first-order valence-electron chi connectivity index (χ1n) is 8.38. The zero-order chi connectivity index (χ0) is 17.9. The van der Waals surface area contributed by atoms with Crippen LogP contribution in [0.2, 0.25) is 0 Å². The normalized spacial score (nSPS) is 20.6. The number of carbonyl (C=O) groups excluding carboxylic acids is 1. The Hall–Kier alpha value is -1.69. The first-order valence-corrected chi connectivity index (χ1v) is 9.17. The van der Waals surface area contributed by atoms with E-state index in [1.165, 1.54) is 12.7 Å². The maximum Gasteiger partial charge on any atom is 0.326 e. The number of rotatable bonds is 5. The number of nitrogens with one attached hydrogen (secondary N) is 1. The molecule has 0 saturated carbocycles. The lowest BCUT2D eigenvalue weighted by molar-refractivity contribution is -0.149. The predicted octanol–water partition coefficient (Wildman–Crippen LogP) is 3.17. The van der Waals surface area contributed by atoms with Crippen LogP contribution in [0.4, 0.5) is 0 Å². The molecule has 2 aromatic rings. The molecule has 0 unspecified atom stereocenters. The molecule has 2 N–H and O–H groups in total. The van der Waals surface area contributed by atoms with Crippen LogP contribution in [0.1, 0.15) is 29.2 Å². The van der Waals surface area contributed by atoms with Gasteiger partial charge in [0.05, 0.1) is 19.8 Å². The molecule has 2 aromatic carbocycles. The summed E-state index contributed by atoms with van der Waals surface area (Å²) in [6, 6.07) is 15.4. The molecule has 0 saturated heterocycles. The van der Waals surface area contributed by atoms with Crippen LogP contribution in [0, 0.1) is 0 Å². The molecule has 0 amide bonds. The molecule has 0 fully saturated rings. The molecular formula is C20H22BrNO3. The molecule has 0 spiro atoms. The number of aliphatic hydroxyl groups excluding tert-OH is 1. The smallest absolute Gasteiger partial charge is 0.326 e. The van der Waals surface area contributed by atoms with Gasteiger partial charge in [0.1, 0.15) is 5.54 Å². The summed E-state index contributed by atoms with van der Waals surface area (Å²) in [5.41, 5.74) is 2.48. The third kappa shape index (κ3) is 3.64. The second-order valence-electron chi connectivity index (χ2n) is 6.42. The lowest BCUT2D eigenvalue weighted by Crippen LogP contribution is -2.57. The Balaban J connectivity index is 1.94. The minimum Gasteiger partial charge on any atom is -0.468 e. The zero-order valence-electron chi connectivity index (χ0n) is 14.2. The maximum absolute atomic E-state index is 12.7. The molecule has 25 heavy (non-hydrogen) atoms. The van der Waals surface area contributed by atoms with Gasteiger partial charge in [0.2, 0.25) is 0 Å². The number of carbonyl (C=O) groups is 1. The van der Waals surface area contributed by atoms with Gasteiger partial charge in [-0.25, -0.2) is 0 Å². The number of hydrogen-bond acceptors (Lipinski definition) is 4. The zero-order valence-corrected chi connectivity index (χ0v) is 15.8. The SMILES string of the molecule is COC(=O)[C@]1(N[C@@H](CO)c2ccccc2)CCc2c(Br)cccc2C1. The van der Waals surface area contributed by atoms with Gasteiger partial charge in [-0.3, -0.25) is 10.1 Å². The number of halogens is 1. The number of ether oxygens (including phenoxy) is 1. The van der Waals surface area contributed by atoms with Gasteiger partial charge in [0.15, 0.2) is 0 Å². The van der Waals surface area contributed by atoms with Crippen LogP contribution in [-0.4, -0.2) is 30.3 Å². The van der Waals surface area contributed by atoms with E-state index in [0.29, 0.717) is 12.8 Å². The Morgan fingerprint density at radius 2 is 2.04 bits per heavy atom. The van der Waals surface area contributed by atoms with Crippen molar-refractivity contribution in [3.05, 3.63) is 69.7 Å². The van der Waals surface area contributed by atoms with Crippen molar-refractivity contribution in [3.63, 3.8) is 0 Å². The molecule has 3 rings (SSSR count). The van der Waals surface area contributed by atoms with Crippen molar-refractivity contribution < 1.29 is 14.6 Å². The average molecular weight is 404 g/mol. The quantitative estimate of drug-likeness (QED) is 0.752. The Morgan fingerprint density at radius 3 is 2.72 bits per heavy atom. The second-order valence-corrected chi connectivity index (χ2v) is 7.27. The van der Waals surface area contributed by atoms with Gasteiger partial charge in [-0.1, -0.05) is 58.4 Å². The molecule has 0 heterocycles. The van der Waals surface area contributed by atoms with Gasteiger partial charge < -0.3 is 9.84 Å². The fourth-order valence-corrected chi connectivity index (χ4v) is 4.21. The Kier molecular flexibility index (Phi) is 5.57. The Labute approximate surface area is 156 Å². The summed E-state index contributed by atoms with van der Waals surface area (Å²) in [6.07, 6.45) is 1.93. The monoisotopic (exact) mass is 403 g/mol. The summed E-state index contributed by atoms with van der Waals surface area (Å²) in [6.45, 7) is -0.0892. The van der Waals surface area contributed by atoms with Crippen molar-refractivity contribution in [2.24, 2.45) is 0 Å². The van der Waals surface area contributed by atoms with Crippen molar-refractivity contribution in [1.82, 2.24) is 5.32 Å². The highest BCUT2D eigenvalue weighted by Crippen LogP contribution is 2.35. The van der Waals surface area contributed by atoms with Gasteiger partial charge >= 0.3 is 5.97 Å². The standard InChI is InChI=1S/C20H22BrNO3/c1-25-19(24)20(22-18(13-23)14-6-3-2-4-7-14)11-10-16-15(12-20)8-5-9-17(16)21/h2-9,18,22-23H,10-13H2,1H3/t18-,20-/m0/s1. The van der Waals surface area contributed by atoms with Gasteiger partial charge in [-0.15, -0.1) is 0 Å². The van der Waals surface area contributed by atoms with E-state index >= 15 is 0 Å². The van der Waals surface area contributed by atoms with E-state index in [9.17, 15) is 9.90 Å². The summed E-state index contributed by atoms with van der Waals surface area (Å²) < 4.78 is 6.20. The van der Waals surface area contributed by atoms with Crippen molar-refractivity contribution in [2.45, 2.75) is 30.8 Å². The fourth-order valence-electron chi connectivity index (χ4n) is 3.61. The van der Waals surface area contributed by atoms with Crippen LogP contribution in [0.5, 0.6) is 0 Å². The molecule has 132 valence electrons. The topological polar surface area (TPSA) is 58.6 Å². The molecule has 4 nitrogen and oxygen atoms in total. The van der Waals surface area contributed by atoms with Crippen molar-refractivity contribution >= 4 is 21.9 Å². The summed E-state index contributed by atoms with van der Waals surface area (Å²) in [4.78, 5) is 12.7. The number of hydrogen-bond donors (Lipinski definition) is 2. The van der Waals surface area contributed by atoms with E-state index in [0.717, 1.165) is 22.0 Å². The second kappa shape index (κ2) is 7.68. The van der Waals surface area contributed by atoms with Gasteiger partial charge in [0.25, 0.3) is 0 Å². The minimum atomic E-state index is -0.841. The predicted molar refractivity (Wildman–Crippen MR) is 100 cm³/mol. The van der Waals surface area contributed by atoms with Crippen LogP contribution in [0.25, 0.3) is 0 Å². The summed E-state index contributed by atoms with van der Waals surface area (Å²) >= 11 is 3.60. The third-order valence-corrected chi connectivity index (χ3v) is 5.66. The van der Waals surface area contributed by atoms with Gasteiger partial charge in [-0.2, -0.15) is 0 Å². The van der Waals surface area contributed by atoms with Crippen molar-refractivity contribution in [1.29, 1.82) is 0 Å². The third-order valence-electron chi connectivity index (χ3n) is 4.92. The lowest BCUT2D eigenvalue weighted by atomic mass is 9.77. The first kappa shape index (κ1) is 18.1. The Bertz CT molecular complexity index is 750. The number of fused-ring (bicyclic) bond motifs is 1. The number of esters is 1. The van der Waals surface area contributed by atoms with Crippen LogP contribution >= 0.6 is 15.9 Å². The molecule has 0 aromatic heterocycles. The van der Waals surface area contributed by atoms with E-state index in [2.05, 4.69) is 27.3 Å². The van der Waals surface area contributed by atoms with Crippen LogP contribution < -0.4 is 5.32 Å². The summed E-state index contributed by atoms with van der Waals surface area (Å²) in [5, 5.41) is 13.3. The largest absolute Gasteiger partial charge is 0.468 e. The highest BCUT2D eigenvalue weighted by molar-refractivity contribution is 9.10. The minimum absolute atomic E-state index is 0.0892. The highest BCUT2D eigenvalue weighted by Gasteiger charge is 2.44. The first-order chi connectivity index (χ1) is 12.1. The summed E-state index contributed by atoms with van der Waals surface area (Å²) in [7, 11) is 1.42. The molecule has 1 aliphatic rings. The van der Waals surface area contributed by atoms with E-state index in [4.69, 9.17) is 4.74 Å².